The molecule has 1 aromatic heterocycles. The van der Waals surface area contributed by atoms with Crippen LogP contribution in [0.3, 0.4) is 0 Å². The number of ether oxygens (including phenoxy) is 1. The van der Waals surface area contributed by atoms with E-state index in [9.17, 15) is 9.59 Å². The third-order valence-electron chi connectivity index (χ3n) is 3.38. The summed E-state index contributed by atoms with van der Waals surface area (Å²) >= 11 is 1.31. The topological polar surface area (TPSA) is 55.4 Å². The number of amides is 1. The van der Waals surface area contributed by atoms with E-state index in [0.29, 0.717) is 11.4 Å². The Morgan fingerprint density at radius 2 is 1.87 bits per heavy atom. The standard InChI is InChI=1S/C18H21NO3S/c1-13(2)16(22-18(21)15-9-6-12-23-15)17(20)19-11-10-14-7-4-3-5-8-14/h3-9,12-13,16H,10-11H2,1-2H3,(H,19,20)/t16-/m1/s1. The van der Waals surface area contributed by atoms with Gasteiger partial charge in [-0.25, -0.2) is 4.79 Å². The van der Waals surface area contributed by atoms with Crippen molar-refractivity contribution in [3.63, 3.8) is 0 Å². The number of hydrogen-bond donors (Lipinski definition) is 1. The molecular formula is C18H21NO3S. The van der Waals surface area contributed by atoms with Crippen molar-refractivity contribution in [3.8, 4) is 0 Å². The predicted octanol–water partition coefficient (Wildman–Crippen LogP) is 3.29. The highest BCUT2D eigenvalue weighted by molar-refractivity contribution is 7.11. The number of nitrogens with one attached hydrogen (secondary N) is 1. The van der Waals surface area contributed by atoms with Crippen LogP contribution in [0, 0.1) is 5.92 Å². The van der Waals surface area contributed by atoms with Crippen LogP contribution in [0.4, 0.5) is 0 Å². The Labute approximate surface area is 140 Å². The van der Waals surface area contributed by atoms with Gasteiger partial charge in [0.1, 0.15) is 4.88 Å². The van der Waals surface area contributed by atoms with Crippen LogP contribution in [-0.2, 0) is 16.0 Å². The zero-order valence-corrected chi connectivity index (χ0v) is 14.1. The van der Waals surface area contributed by atoms with Gasteiger partial charge in [-0.1, -0.05) is 50.2 Å². The Balaban J connectivity index is 1.87. The normalized spacial score (nSPS) is 12.0. The molecular weight excluding hydrogens is 310 g/mol. The Morgan fingerprint density at radius 1 is 1.13 bits per heavy atom. The third-order valence-corrected chi connectivity index (χ3v) is 4.23. The van der Waals surface area contributed by atoms with Gasteiger partial charge in [-0.15, -0.1) is 11.3 Å². The highest BCUT2D eigenvalue weighted by atomic mass is 32.1. The van der Waals surface area contributed by atoms with E-state index < -0.39 is 12.1 Å². The lowest BCUT2D eigenvalue weighted by molar-refractivity contribution is -0.132. The first-order valence-electron chi connectivity index (χ1n) is 7.64. The number of benzene rings is 1. The van der Waals surface area contributed by atoms with Gasteiger partial charge >= 0.3 is 5.97 Å². The number of thiophene rings is 1. The van der Waals surface area contributed by atoms with Gasteiger partial charge in [0.15, 0.2) is 6.10 Å². The summed E-state index contributed by atoms with van der Waals surface area (Å²) in [5.41, 5.74) is 1.16. The van der Waals surface area contributed by atoms with Gasteiger partial charge in [0.05, 0.1) is 0 Å². The smallest absolute Gasteiger partial charge is 0.349 e. The van der Waals surface area contributed by atoms with Gasteiger partial charge in [-0.3, -0.25) is 4.79 Å². The van der Waals surface area contributed by atoms with E-state index in [4.69, 9.17) is 4.74 Å². The van der Waals surface area contributed by atoms with Gasteiger partial charge in [0, 0.05) is 6.54 Å². The van der Waals surface area contributed by atoms with Gasteiger partial charge < -0.3 is 10.1 Å². The van der Waals surface area contributed by atoms with Crippen LogP contribution < -0.4 is 5.32 Å². The number of esters is 1. The molecule has 2 aromatic rings. The fraction of sp³-hybridized carbons (Fsp3) is 0.333. The molecule has 1 aromatic carbocycles. The highest BCUT2D eigenvalue weighted by Crippen LogP contribution is 2.14. The molecule has 0 saturated heterocycles. The van der Waals surface area contributed by atoms with Crippen molar-refractivity contribution in [2.24, 2.45) is 5.92 Å². The molecule has 4 nitrogen and oxygen atoms in total. The van der Waals surface area contributed by atoms with Crippen LogP contribution in [0.2, 0.25) is 0 Å². The summed E-state index contributed by atoms with van der Waals surface area (Å²) in [6.45, 7) is 4.24. The predicted molar refractivity (Wildman–Crippen MR) is 91.5 cm³/mol. The molecule has 2 rings (SSSR count). The molecule has 1 heterocycles. The van der Waals surface area contributed by atoms with Gasteiger partial charge in [-0.05, 0) is 29.3 Å². The fourth-order valence-electron chi connectivity index (χ4n) is 2.14. The van der Waals surface area contributed by atoms with E-state index in [1.54, 1.807) is 17.5 Å². The first-order valence-corrected chi connectivity index (χ1v) is 8.52. The minimum atomic E-state index is -0.777. The lowest BCUT2D eigenvalue weighted by atomic mass is 10.1. The van der Waals surface area contributed by atoms with E-state index in [1.807, 2.05) is 44.2 Å². The summed E-state index contributed by atoms with van der Waals surface area (Å²) < 4.78 is 5.38. The molecule has 5 heteroatoms. The zero-order chi connectivity index (χ0) is 16.7. The molecule has 1 N–H and O–H groups in total. The minimum absolute atomic E-state index is 0.0874. The van der Waals surface area contributed by atoms with E-state index in [0.717, 1.165) is 12.0 Å². The number of rotatable bonds is 7. The fourth-order valence-corrected chi connectivity index (χ4v) is 2.74. The quantitative estimate of drug-likeness (QED) is 0.792. The molecule has 0 radical (unpaired) electrons. The van der Waals surface area contributed by atoms with Crippen molar-refractivity contribution < 1.29 is 14.3 Å². The van der Waals surface area contributed by atoms with Crippen LogP contribution in [-0.4, -0.2) is 24.5 Å². The zero-order valence-electron chi connectivity index (χ0n) is 13.3. The molecule has 122 valence electrons. The van der Waals surface area contributed by atoms with Crippen LogP contribution in [0.5, 0.6) is 0 Å². The molecule has 0 aliphatic heterocycles. The second kappa shape index (κ2) is 8.48. The van der Waals surface area contributed by atoms with Crippen molar-refractivity contribution in [1.29, 1.82) is 0 Å². The maximum Gasteiger partial charge on any atom is 0.349 e. The highest BCUT2D eigenvalue weighted by Gasteiger charge is 2.26. The summed E-state index contributed by atoms with van der Waals surface area (Å²) in [6, 6.07) is 13.4. The molecule has 0 saturated carbocycles. The first kappa shape index (κ1) is 17.2. The van der Waals surface area contributed by atoms with E-state index in [2.05, 4.69) is 5.32 Å². The molecule has 0 spiro atoms. The maximum atomic E-state index is 12.3. The second-order valence-electron chi connectivity index (χ2n) is 5.57. The molecule has 0 bridgehead atoms. The Hall–Kier alpha value is -2.14. The van der Waals surface area contributed by atoms with Crippen LogP contribution in [0.25, 0.3) is 0 Å². The molecule has 0 unspecified atom stereocenters. The monoisotopic (exact) mass is 331 g/mol. The average molecular weight is 331 g/mol. The molecule has 0 aliphatic carbocycles. The third kappa shape index (κ3) is 5.21. The number of carbonyl (C=O) groups excluding carboxylic acids is 2. The number of carbonyl (C=O) groups is 2. The maximum absolute atomic E-state index is 12.3. The average Bonchev–Trinajstić information content (AvgIpc) is 3.07. The summed E-state index contributed by atoms with van der Waals surface area (Å²) in [4.78, 5) is 24.8. The van der Waals surface area contributed by atoms with Crippen LogP contribution in [0.1, 0.15) is 29.1 Å². The van der Waals surface area contributed by atoms with Crippen molar-refractivity contribution in [2.75, 3.05) is 6.54 Å². The SMILES string of the molecule is CC(C)[C@@H](OC(=O)c1cccs1)C(=O)NCCc1ccccc1. The van der Waals surface area contributed by atoms with Crippen LogP contribution in [0.15, 0.2) is 47.8 Å². The Bertz CT molecular complexity index is 623. The lowest BCUT2D eigenvalue weighted by Crippen LogP contribution is -2.41. The van der Waals surface area contributed by atoms with Crippen molar-refractivity contribution in [2.45, 2.75) is 26.4 Å². The van der Waals surface area contributed by atoms with E-state index >= 15 is 0 Å². The largest absolute Gasteiger partial charge is 0.448 e. The molecule has 0 fully saturated rings. The Kier molecular flexibility index (Phi) is 6.35. The first-order chi connectivity index (χ1) is 11.1. The van der Waals surface area contributed by atoms with Gasteiger partial charge in [0.2, 0.25) is 0 Å². The van der Waals surface area contributed by atoms with E-state index in [1.165, 1.54) is 11.3 Å². The molecule has 23 heavy (non-hydrogen) atoms. The number of hydrogen-bond acceptors (Lipinski definition) is 4. The second-order valence-corrected chi connectivity index (χ2v) is 6.52. The van der Waals surface area contributed by atoms with Gasteiger partial charge in [0.25, 0.3) is 5.91 Å². The van der Waals surface area contributed by atoms with Crippen molar-refractivity contribution in [3.05, 3.63) is 58.3 Å². The van der Waals surface area contributed by atoms with Crippen LogP contribution >= 0.6 is 11.3 Å². The summed E-state index contributed by atoms with van der Waals surface area (Å²) in [5.74, 6) is -0.784. The summed E-state index contributed by atoms with van der Waals surface area (Å²) in [7, 11) is 0. The van der Waals surface area contributed by atoms with Gasteiger partial charge in [-0.2, -0.15) is 0 Å². The van der Waals surface area contributed by atoms with Crippen molar-refractivity contribution >= 4 is 23.2 Å². The Morgan fingerprint density at radius 3 is 2.48 bits per heavy atom. The molecule has 1 atom stereocenters. The lowest BCUT2D eigenvalue weighted by Gasteiger charge is -2.20. The minimum Gasteiger partial charge on any atom is -0.448 e. The molecule has 0 aliphatic rings. The summed E-state index contributed by atoms with van der Waals surface area (Å²) in [5, 5.41) is 4.66. The summed E-state index contributed by atoms with van der Waals surface area (Å²) in [6.07, 6.45) is -0.0311. The van der Waals surface area contributed by atoms with Crippen molar-refractivity contribution in [1.82, 2.24) is 5.32 Å². The van der Waals surface area contributed by atoms with E-state index in [-0.39, 0.29) is 11.8 Å². The molecule has 1 amide bonds.